The molecule has 0 radical (unpaired) electrons. The van der Waals surface area contributed by atoms with Crippen LogP contribution in [0, 0.1) is 0 Å². The van der Waals surface area contributed by atoms with Crippen LogP contribution in [0.1, 0.15) is 12.0 Å². The molecule has 1 aliphatic heterocycles. The Kier molecular flexibility index (Phi) is 4.23. The van der Waals surface area contributed by atoms with Gasteiger partial charge in [0.25, 0.3) is 0 Å². The third kappa shape index (κ3) is 3.35. The van der Waals surface area contributed by atoms with Crippen molar-refractivity contribution in [3.8, 4) is 11.5 Å². The highest BCUT2D eigenvalue weighted by atomic mass is 16.5. The van der Waals surface area contributed by atoms with Crippen molar-refractivity contribution in [3.05, 3.63) is 23.8 Å². The van der Waals surface area contributed by atoms with Crippen LogP contribution in [0.15, 0.2) is 18.2 Å². The Labute approximate surface area is 102 Å². The van der Waals surface area contributed by atoms with Crippen molar-refractivity contribution >= 4 is 0 Å². The molecule has 1 fully saturated rings. The number of rotatable bonds is 5. The molecule has 0 aromatic heterocycles. The van der Waals surface area contributed by atoms with Gasteiger partial charge in [0.1, 0.15) is 11.5 Å². The molecule has 1 atom stereocenters. The summed E-state index contributed by atoms with van der Waals surface area (Å²) in [6.07, 6.45) is 1.41. The van der Waals surface area contributed by atoms with Gasteiger partial charge in [-0.15, -0.1) is 0 Å². The van der Waals surface area contributed by atoms with E-state index < -0.39 is 0 Å². The highest BCUT2D eigenvalue weighted by Crippen LogP contribution is 2.23. The number of methoxy groups -OCH3 is 2. The molecule has 1 aromatic rings. The summed E-state index contributed by atoms with van der Waals surface area (Å²) in [4.78, 5) is 0. The van der Waals surface area contributed by atoms with E-state index in [1.54, 1.807) is 14.2 Å². The van der Waals surface area contributed by atoms with Crippen LogP contribution in [0.3, 0.4) is 0 Å². The second-order valence-corrected chi connectivity index (χ2v) is 4.15. The smallest absolute Gasteiger partial charge is 0.122 e. The molecule has 1 saturated heterocycles. The zero-order valence-corrected chi connectivity index (χ0v) is 10.4. The number of nitrogens with one attached hydrogen (secondary N) is 1. The molecule has 4 heteroatoms. The molecule has 0 aliphatic carbocycles. The van der Waals surface area contributed by atoms with Gasteiger partial charge in [-0.05, 0) is 30.7 Å². The Bertz CT molecular complexity index is 339. The van der Waals surface area contributed by atoms with E-state index in [0.29, 0.717) is 12.7 Å². The van der Waals surface area contributed by atoms with Gasteiger partial charge in [0, 0.05) is 12.6 Å². The average molecular weight is 237 g/mol. The molecule has 1 heterocycles. The molecule has 1 aromatic carbocycles. The van der Waals surface area contributed by atoms with Crippen LogP contribution in [0.5, 0.6) is 11.5 Å². The second kappa shape index (κ2) is 5.89. The van der Waals surface area contributed by atoms with Gasteiger partial charge in [0.15, 0.2) is 0 Å². The van der Waals surface area contributed by atoms with Crippen LogP contribution in [0.4, 0.5) is 0 Å². The predicted octanol–water partition coefficient (Wildman–Crippen LogP) is 1.58. The van der Waals surface area contributed by atoms with Gasteiger partial charge >= 0.3 is 0 Å². The maximum Gasteiger partial charge on any atom is 0.122 e. The molecule has 2 rings (SSSR count). The third-order valence-electron chi connectivity index (χ3n) is 2.91. The lowest BCUT2D eigenvalue weighted by Crippen LogP contribution is -2.16. The lowest BCUT2D eigenvalue weighted by Gasteiger charge is -2.12. The summed E-state index contributed by atoms with van der Waals surface area (Å²) in [5, 5.41) is 3.28. The van der Waals surface area contributed by atoms with Gasteiger partial charge < -0.3 is 19.5 Å². The van der Waals surface area contributed by atoms with E-state index in [9.17, 15) is 0 Å². The molecule has 0 spiro atoms. The molecule has 1 N–H and O–H groups in total. The first-order valence-electron chi connectivity index (χ1n) is 5.86. The standard InChI is InChI=1S/C13H19NO3/c1-15-12-5-10(6-13(7-12)16-2)9-17-11-3-4-14-8-11/h5-7,11,14H,3-4,8-9H2,1-2H3/t11-/m0/s1. The minimum absolute atomic E-state index is 0.326. The van der Waals surface area contributed by atoms with Crippen LogP contribution >= 0.6 is 0 Å². The molecular weight excluding hydrogens is 218 g/mol. The first-order chi connectivity index (χ1) is 8.31. The highest BCUT2D eigenvalue weighted by molar-refractivity contribution is 5.38. The Morgan fingerprint density at radius 2 is 1.88 bits per heavy atom. The van der Waals surface area contributed by atoms with Crippen LogP contribution < -0.4 is 14.8 Å². The minimum atomic E-state index is 0.326. The monoisotopic (exact) mass is 237 g/mol. The van der Waals surface area contributed by atoms with Crippen LogP contribution in [-0.4, -0.2) is 33.4 Å². The minimum Gasteiger partial charge on any atom is -0.497 e. The van der Waals surface area contributed by atoms with E-state index >= 15 is 0 Å². The zero-order valence-electron chi connectivity index (χ0n) is 10.4. The van der Waals surface area contributed by atoms with Gasteiger partial charge in [-0.3, -0.25) is 0 Å². The second-order valence-electron chi connectivity index (χ2n) is 4.15. The SMILES string of the molecule is COc1cc(CO[C@H]2CCNC2)cc(OC)c1. The first kappa shape index (κ1) is 12.2. The fourth-order valence-electron chi connectivity index (χ4n) is 1.93. The van der Waals surface area contributed by atoms with E-state index in [-0.39, 0.29) is 0 Å². The number of ether oxygens (including phenoxy) is 3. The molecule has 94 valence electrons. The fraction of sp³-hybridized carbons (Fsp3) is 0.538. The largest absolute Gasteiger partial charge is 0.497 e. The van der Waals surface area contributed by atoms with Crippen molar-refractivity contribution in [1.82, 2.24) is 5.32 Å². The van der Waals surface area contributed by atoms with Crippen LogP contribution in [-0.2, 0) is 11.3 Å². The van der Waals surface area contributed by atoms with Crippen LogP contribution in [0.2, 0.25) is 0 Å². The summed E-state index contributed by atoms with van der Waals surface area (Å²) in [6, 6.07) is 5.82. The van der Waals surface area contributed by atoms with E-state index in [0.717, 1.165) is 36.6 Å². The molecule has 0 unspecified atom stereocenters. The van der Waals surface area contributed by atoms with Crippen molar-refractivity contribution in [2.45, 2.75) is 19.1 Å². The highest BCUT2D eigenvalue weighted by Gasteiger charge is 2.14. The molecule has 0 bridgehead atoms. The van der Waals surface area contributed by atoms with E-state index in [1.165, 1.54) is 0 Å². The topological polar surface area (TPSA) is 39.7 Å². The van der Waals surface area contributed by atoms with Crippen molar-refractivity contribution in [2.24, 2.45) is 0 Å². The average Bonchev–Trinajstić information content (AvgIpc) is 2.89. The van der Waals surface area contributed by atoms with Crippen molar-refractivity contribution in [3.63, 3.8) is 0 Å². The lowest BCUT2D eigenvalue weighted by atomic mass is 10.2. The summed E-state index contributed by atoms with van der Waals surface area (Å²) < 4.78 is 16.3. The summed E-state index contributed by atoms with van der Waals surface area (Å²) in [6.45, 7) is 2.59. The van der Waals surface area contributed by atoms with E-state index in [2.05, 4.69) is 5.32 Å². The fourth-order valence-corrected chi connectivity index (χ4v) is 1.93. The molecule has 1 aliphatic rings. The van der Waals surface area contributed by atoms with Crippen molar-refractivity contribution in [1.29, 1.82) is 0 Å². The van der Waals surface area contributed by atoms with Crippen molar-refractivity contribution < 1.29 is 14.2 Å². The van der Waals surface area contributed by atoms with Gasteiger partial charge in [0.05, 0.1) is 26.9 Å². The van der Waals surface area contributed by atoms with E-state index in [4.69, 9.17) is 14.2 Å². The van der Waals surface area contributed by atoms with Gasteiger partial charge in [-0.1, -0.05) is 0 Å². The van der Waals surface area contributed by atoms with Crippen LogP contribution in [0.25, 0.3) is 0 Å². The zero-order chi connectivity index (χ0) is 12.1. The van der Waals surface area contributed by atoms with E-state index in [1.807, 2.05) is 18.2 Å². The summed E-state index contributed by atoms with van der Waals surface area (Å²) >= 11 is 0. The van der Waals surface area contributed by atoms with Gasteiger partial charge in [0.2, 0.25) is 0 Å². The molecule has 4 nitrogen and oxygen atoms in total. The van der Waals surface area contributed by atoms with Crippen molar-refractivity contribution in [2.75, 3.05) is 27.3 Å². The third-order valence-corrected chi connectivity index (χ3v) is 2.91. The summed E-state index contributed by atoms with van der Waals surface area (Å²) in [5.41, 5.74) is 1.08. The Balaban J connectivity index is 1.98. The molecule has 0 amide bonds. The van der Waals surface area contributed by atoms with Gasteiger partial charge in [-0.2, -0.15) is 0 Å². The Morgan fingerprint density at radius 1 is 1.18 bits per heavy atom. The van der Waals surface area contributed by atoms with Gasteiger partial charge in [-0.25, -0.2) is 0 Å². The quantitative estimate of drug-likeness (QED) is 0.844. The maximum absolute atomic E-state index is 5.81. The first-order valence-corrected chi connectivity index (χ1v) is 5.86. The summed E-state index contributed by atoms with van der Waals surface area (Å²) in [7, 11) is 3.31. The number of hydrogen-bond donors (Lipinski definition) is 1. The number of benzene rings is 1. The Hall–Kier alpha value is -1.26. The number of hydrogen-bond acceptors (Lipinski definition) is 4. The molecular formula is C13H19NO3. The molecule has 17 heavy (non-hydrogen) atoms. The Morgan fingerprint density at radius 3 is 2.41 bits per heavy atom. The normalized spacial score (nSPS) is 19.3. The summed E-state index contributed by atoms with van der Waals surface area (Å²) in [5.74, 6) is 1.60. The molecule has 0 saturated carbocycles. The lowest BCUT2D eigenvalue weighted by molar-refractivity contribution is 0.0540. The predicted molar refractivity (Wildman–Crippen MR) is 65.6 cm³/mol. The maximum atomic E-state index is 5.81.